The van der Waals surface area contributed by atoms with E-state index in [2.05, 4.69) is 15.9 Å². The first-order valence-electron chi connectivity index (χ1n) is 5.01. The van der Waals surface area contributed by atoms with E-state index >= 15 is 0 Å². The van der Waals surface area contributed by atoms with Crippen LogP contribution in [-0.2, 0) is 6.61 Å². The SMILES string of the molecule is Oc1ccc(COc2ccccc2Br)c(Cl)c1. The Balaban J connectivity index is 2.10. The highest BCUT2D eigenvalue weighted by molar-refractivity contribution is 9.10. The van der Waals surface area contributed by atoms with E-state index in [1.54, 1.807) is 12.1 Å². The molecule has 0 spiro atoms. The van der Waals surface area contributed by atoms with Crippen molar-refractivity contribution in [3.8, 4) is 11.5 Å². The van der Waals surface area contributed by atoms with Gasteiger partial charge in [0.15, 0.2) is 0 Å². The van der Waals surface area contributed by atoms with E-state index in [1.165, 1.54) is 6.07 Å². The van der Waals surface area contributed by atoms with Gasteiger partial charge in [0, 0.05) is 5.56 Å². The molecule has 4 heteroatoms. The second-order valence-corrected chi connectivity index (χ2v) is 4.76. The molecule has 2 aromatic rings. The van der Waals surface area contributed by atoms with Crippen molar-refractivity contribution in [3.63, 3.8) is 0 Å². The number of ether oxygens (including phenoxy) is 1. The van der Waals surface area contributed by atoms with Crippen molar-refractivity contribution in [1.29, 1.82) is 0 Å². The zero-order valence-corrected chi connectivity index (χ0v) is 11.2. The van der Waals surface area contributed by atoms with Gasteiger partial charge in [-0.15, -0.1) is 0 Å². The Labute approximate surface area is 113 Å². The highest BCUT2D eigenvalue weighted by Gasteiger charge is 2.04. The summed E-state index contributed by atoms with van der Waals surface area (Å²) in [4.78, 5) is 0. The van der Waals surface area contributed by atoms with Crippen LogP contribution >= 0.6 is 27.5 Å². The van der Waals surface area contributed by atoms with Crippen LogP contribution in [0.1, 0.15) is 5.56 Å². The topological polar surface area (TPSA) is 29.5 Å². The Bertz CT molecular complexity index is 529. The Morgan fingerprint density at radius 3 is 2.65 bits per heavy atom. The van der Waals surface area contributed by atoms with E-state index in [9.17, 15) is 5.11 Å². The quantitative estimate of drug-likeness (QED) is 0.911. The van der Waals surface area contributed by atoms with Gasteiger partial charge < -0.3 is 9.84 Å². The summed E-state index contributed by atoms with van der Waals surface area (Å²) in [5.41, 5.74) is 0.834. The van der Waals surface area contributed by atoms with Crippen LogP contribution in [-0.4, -0.2) is 5.11 Å². The van der Waals surface area contributed by atoms with Crippen LogP contribution in [0.5, 0.6) is 11.5 Å². The van der Waals surface area contributed by atoms with E-state index in [1.807, 2.05) is 24.3 Å². The predicted octanol–water partition coefficient (Wildman–Crippen LogP) is 4.39. The highest BCUT2D eigenvalue weighted by Crippen LogP contribution is 2.27. The summed E-state index contributed by atoms with van der Waals surface area (Å²) in [5.74, 6) is 0.913. The molecule has 2 nitrogen and oxygen atoms in total. The summed E-state index contributed by atoms with van der Waals surface area (Å²) < 4.78 is 6.53. The van der Waals surface area contributed by atoms with E-state index in [4.69, 9.17) is 16.3 Å². The lowest BCUT2D eigenvalue weighted by Gasteiger charge is -2.09. The fraction of sp³-hybridized carbons (Fsp3) is 0.0769. The lowest BCUT2D eigenvalue weighted by atomic mass is 10.2. The molecule has 88 valence electrons. The maximum Gasteiger partial charge on any atom is 0.133 e. The minimum absolute atomic E-state index is 0.152. The Morgan fingerprint density at radius 2 is 1.94 bits per heavy atom. The third kappa shape index (κ3) is 3.14. The number of aromatic hydroxyl groups is 1. The molecule has 0 aliphatic carbocycles. The molecule has 0 saturated heterocycles. The van der Waals surface area contributed by atoms with Gasteiger partial charge in [-0.1, -0.05) is 29.8 Å². The molecule has 0 atom stereocenters. The summed E-state index contributed by atoms with van der Waals surface area (Å²) in [6.07, 6.45) is 0. The average Bonchev–Trinajstić information content (AvgIpc) is 2.30. The molecular formula is C13H10BrClO2. The molecule has 2 aromatic carbocycles. The minimum atomic E-state index is 0.152. The summed E-state index contributed by atoms with van der Waals surface area (Å²) in [6, 6.07) is 12.4. The lowest BCUT2D eigenvalue weighted by molar-refractivity contribution is 0.304. The number of phenolic OH excluding ortho intramolecular Hbond substituents is 1. The molecule has 0 aliphatic rings. The van der Waals surface area contributed by atoms with Crippen LogP contribution in [0, 0.1) is 0 Å². The molecule has 0 bridgehead atoms. The van der Waals surface area contributed by atoms with Gasteiger partial charge >= 0.3 is 0 Å². The van der Waals surface area contributed by atoms with Gasteiger partial charge in [-0.05, 0) is 40.2 Å². The van der Waals surface area contributed by atoms with Crippen molar-refractivity contribution in [3.05, 3.63) is 57.5 Å². The van der Waals surface area contributed by atoms with Crippen molar-refractivity contribution in [2.45, 2.75) is 6.61 Å². The monoisotopic (exact) mass is 312 g/mol. The summed E-state index contributed by atoms with van der Waals surface area (Å²) in [7, 11) is 0. The third-order valence-electron chi connectivity index (χ3n) is 2.26. The average molecular weight is 314 g/mol. The van der Waals surface area contributed by atoms with Crippen LogP contribution in [0.15, 0.2) is 46.9 Å². The van der Waals surface area contributed by atoms with Crippen molar-refractivity contribution >= 4 is 27.5 Å². The third-order valence-corrected chi connectivity index (χ3v) is 3.26. The van der Waals surface area contributed by atoms with Crippen molar-refractivity contribution in [2.24, 2.45) is 0 Å². The molecule has 0 heterocycles. The molecule has 17 heavy (non-hydrogen) atoms. The van der Waals surface area contributed by atoms with E-state index in [0.717, 1.165) is 15.8 Å². The predicted molar refractivity (Wildman–Crippen MR) is 71.6 cm³/mol. The summed E-state index contributed by atoms with van der Waals surface area (Å²) in [5, 5.41) is 9.73. The Kier molecular flexibility index (Phi) is 3.92. The zero-order valence-electron chi connectivity index (χ0n) is 8.86. The first kappa shape index (κ1) is 12.3. The Hall–Kier alpha value is -1.19. The molecule has 0 aromatic heterocycles. The number of benzene rings is 2. The van der Waals surface area contributed by atoms with E-state index in [-0.39, 0.29) is 5.75 Å². The number of rotatable bonds is 3. The van der Waals surface area contributed by atoms with Gasteiger partial charge in [-0.3, -0.25) is 0 Å². The molecular weight excluding hydrogens is 303 g/mol. The van der Waals surface area contributed by atoms with Gasteiger partial charge in [0.2, 0.25) is 0 Å². The van der Waals surface area contributed by atoms with Crippen LogP contribution in [0.25, 0.3) is 0 Å². The van der Waals surface area contributed by atoms with Crippen LogP contribution in [0.4, 0.5) is 0 Å². The molecule has 0 aliphatic heterocycles. The molecule has 1 N–H and O–H groups in total. The van der Waals surface area contributed by atoms with E-state index < -0.39 is 0 Å². The molecule has 0 saturated carbocycles. The maximum absolute atomic E-state index is 9.23. The number of para-hydroxylation sites is 1. The van der Waals surface area contributed by atoms with Crippen LogP contribution in [0.2, 0.25) is 5.02 Å². The second-order valence-electron chi connectivity index (χ2n) is 3.49. The molecule has 2 rings (SSSR count). The second kappa shape index (κ2) is 5.43. The summed E-state index contributed by atoms with van der Waals surface area (Å²) >= 11 is 9.39. The van der Waals surface area contributed by atoms with Gasteiger partial charge in [0.25, 0.3) is 0 Å². The maximum atomic E-state index is 9.23. The fourth-order valence-electron chi connectivity index (χ4n) is 1.37. The highest BCUT2D eigenvalue weighted by atomic mass is 79.9. The number of hydrogen-bond acceptors (Lipinski definition) is 2. The van der Waals surface area contributed by atoms with Crippen LogP contribution < -0.4 is 4.74 Å². The fourth-order valence-corrected chi connectivity index (χ4v) is 2.00. The largest absolute Gasteiger partial charge is 0.508 e. The Morgan fingerprint density at radius 1 is 1.18 bits per heavy atom. The van der Waals surface area contributed by atoms with Gasteiger partial charge in [0.1, 0.15) is 18.1 Å². The van der Waals surface area contributed by atoms with Gasteiger partial charge in [-0.2, -0.15) is 0 Å². The van der Waals surface area contributed by atoms with Crippen molar-refractivity contribution in [1.82, 2.24) is 0 Å². The molecule has 0 amide bonds. The minimum Gasteiger partial charge on any atom is -0.508 e. The summed E-state index contributed by atoms with van der Waals surface area (Å²) in [6.45, 7) is 0.363. The molecule has 0 radical (unpaired) electrons. The van der Waals surface area contributed by atoms with Gasteiger partial charge in [-0.25, -0.2) is 0 Å². The van der Waals surface area contributed by atoms with Gasteiger partial charge in [0.05, 0.1) is 9.50 Å². The van der Waals surface area contributed by atoms with Crippen LogP contribution in [0.3, 0.4) is 0 Å². The molecule has 0 unspecified atom stereocenters. The van der Waals surface area contributed by atoms with Crippen molar-refractivity contribution < 1.29 is 9.84 Å². The van der Waals surface area contributed by atoms with Crippen molar-refractivity contribution in [2.75, 3.05) is 0 Å². The first-order chi connectivity index (χ1) is 8.16. The molecule has 0 fully saturated rings. The number of hydrogen-bond donors (Lipinski definition) is 1. The smallest absolute Gasteiger partial charge is 0.133 e. The number of halogens is 2. The number of phenols is 1. The zero-order chi connectivity index (χ0) is 12.3. The van der Waals surface area contributed by atoms with E-state index in [0.29, 0.717) is 11.6 Å². The normalized spacial score (nSPS) is 10.2. The standard InChI is InChI=1S/C13H10BrClO2/c14-11-3-1-2-4-13(11)17-8-9-5-6-10(16)7-12(9)15/h1-7,16H,8H2. The lowest BCUT2D eigenvalue weighted by Crippen LogP contribution is -1.96. The first-order valence-corrected chi connectivity index (χ1v) is 6.18.